The summed E-state index contributed by atoms with van der Waals surface area (Å²) in [4.78, 5) is 4.47. The van der Waals surface area contributed by atoms with Crippen LogP contribution >= 0.6 is 11.3 Å². The Labute approximate surface area is 174 Å². The molecule has 0 bridgehead atoms. The van der Waals surface area contributed by atoms with Crippen molar-refractivity contribution in [2.75, 3.05) is 13.2 Å². The second-order valence-electron chi connectivity index (χ2n) is 7.56. The summed E-state index contributed by atoms with van der Waals surface area (Å²) < 4.78 is 47.7. The summed E-state index contributed by atoms with van der Waals surface area (Å²) in [6.45, 7) is 1.11. The van der Waals surface area contributed by atoms with E-state index < -0.39 is 11.7 Å². The van der Waals surface area contributed by atoms with Crippen LogP contribution in [0.3, 0.4) is 0 Å². The van der Waals surface area contributed by atoms with Gasteiger partial charge in [-0.3, -0.25) is 0 Å². The number of nitrogens with zero attached hydrogens (tertiary/aromatic N) is 4. The van der Waals surface area contributed by atoms with E-state index in [1.54, 1.807) is 12.4 Å². The molecule has 4 aromatic rings. The Morgan fingerprint density at radius 3 is 2.63 bits per heavy atom. The van der Waals surface area contributed by atoms with Gasteiger partial charge in [0, 0.05) is 24.4 Å². The molecular formula is C21H17F3N4OS. The fourth-order valence-electron chi connectivity index (χ4n) is 3.77. The van der Waals surface area contributed by atoms with Crippen molar-refractivity contribution in [3.8, 4) is 10.6 Å². The Hall–Kier alpha value is -2.78. The van der Waals surface area contributed by atoms with E-state index in [4.69, 9.17) is 4.74 Å². The maximum atomic E-state index is 13.4. The van der Waals surface area contributed by atoms with Gasteiger partial charge < -0.3 is 9.30 Å². The Balaban J connectivity index is 1.55. The first kappa shape index (κ1) is 19.2. The number of halogens is 3. The summed E-state index contributed by atoms with van der Waals surface area (Å²) in [5, 5.41) is 8.71. The Bertz CT molecular complexity index is 1230. The molecule has 9 heteroatoms. The lowest BCUT2D eigenvalue weighted by molar-refractivity contribution is -0.136. The highest BCUT2D eigenvalue weighted by Crippen LogP contribution is 2.41. The lowest BCUT2D eigenvalue weighted by Gasteiger charge is -2.41. The molecular weight excluding hydrogens is 413 g/mol. The average molecular weight is 430 g/mol. The molecule has 154 valence electrons. The molecule has 3 heterocycles. The molecule has 1 saturated heterocycles. The van der Waals surface area contributed by atoms with Gasteiger partial charge in [0.2, 0.25) is 0 Å². The van der Waals surface area contributed by atoms with Crippen molar-refractivity contribution in [1.29, 1.82) is 0 Å². The first-order valence-corrected chi connectivity index (χ1v) is 10.2. The van der Waals surface area contributed by atoms with Crippen LogP contribution in [0.4, 0.5) is 13.2 Å². The van der Waals surface area contributed by atoms with Crippen LogP contribution in [0.15, 0.2) is 48.8 Å². The number of rotatable bonds is 4. The van der Waals surface area contributed by atoms with E-state index in [2.05, 4.69) is 15.2 Å². The molecule has 0 unspecified atom stereocenters. The third kappa shape index (κ3) is 3.18. The van der Waals surface area contributed by atoms with Gasteiger partial charge in [-0.1, -0.05) is 24.3 Å². The molecule has 30 heavy (non-hydrogen) atoms. The highest BCUT2D eigenvalue weighted by Gasteiger charge is 2.42. The number of benzene rings is 2. The minimum absolute atomic E-state index is 0.158. The number of alkyl halides is 3. The molecule has 0 N–H and O–H groups in total. The quantitative estimate of drug-likeness (QED) is 0.474. The maximum Gasteiger partial charge on any atom is 0.417 e. The van der Waals surface area contributed by atoms with E-state index >= 15 is 0 Å². The molecule has 1 aliphatic heterocycles. The van der Waals surface area contributed by atoms with E-state index in [1.807, 2.05) is 35.9 Å². The minimum atomic E-state index is -4.41. The van der Waals surface area contributed by atoms with E-state index in [9.17, 15) is 13.2 Å². The molecule has 5 nitrogen and oxygen atoms in total. The van der Waals surface area contributed by atoms with Gasteiger partial charge in [-0.15, -0.1) is 21.5 Å². The first-order chi connectivity index (χ1) is 14.4. The predicted molar refractivity (Wildman–Crippen MR) is 107 cm³/mol. The van der Waals surface area contributed by atoms with Crippen molar-refractivity contribution >= 4 is 21.6 Å². The first-order valence-electron chi connectivity index (χ1n) is 9.34. The molecule has 0 atom stereocenters. The lowest BCUT2D eigenvalue weighted by Crippen LogP contribution is -2.49. The van der Waals surface area contributed by atoms with Crippen molar-refractivity contribution < 1.29 is 17.9 Å². The van der Waals surface area contributed by atoms with Gasteiger partial charge in [-0.25, -0.2) is 4.98 Å². The summed E-state index contributed by atoms with van der Waals surface area (Å²) in [5.74, 6) is 0.860. The number of hydrogen-bond donors (Lipinski definition) is 0. The molecule has 0 amide bonds. The normalized spacial score (nSPS) is 16.0. The molecule has 2 aromatic heterocycles. The summed E-state index contributed by atoms with van der Waals surface area (Å²) in [5.41, 5.74) is 1.34. The van der Waals surface area contributed by atoms with Crippen LogP contribution in [-0.2, 0) is 29.8 Å². The van der Waals surface area contributed by atoms with Crippen LogP contribution in [0, 0.1) is 0 Å². The highest BCUT2D eigenvalue weighted by atomic mass is 32.1. The number of fused-ring (bicyclic) bond motifs is 1. The summed E-state index contributed by atoms with van der Waals surface area (Å²) in [7, 11) is 1.90. The topological polar surface area (TPSA) is 52.8 Å². The molecule has 2 aromatic carbocycles. The number of hydrogen-bond acceptors (Lipinski definition) is 5. The SMILES string of the molecule is Cn1cnnc1CC1(c2cccc(-c3nc4cccc(C(F)(F)F)c4s3)c2)COC1. The van der Waals surface area contributed by atoms with E-state index in [1.165, 1.54) is 6.07 Å². The molecule has 0 radical (unpaired) electrons. The van der Waals surface area contributed by atoms with E-state index in [-0.39, 0.29) is 10.1 Å². The fraction of sp³-hybridized carbons (Fsp3) is 0.286. The third-order valence-corrected chi connectivity index (χ3v) is 6.65. The van der Waals surface area contributed by atoms with Crippen LogP contribution in [0.5, 0.6) is 0 Å². The van der Waals surface area contributed by atoms with Crippen molar-refractivity contribution in [1.82, 2.24) is 19.7 Å². The monoisotopic (exact) mass is 430 g/mol. The second-order valence-corrected chi connectivity index (χ2v) is 8.56. The summed E-state index contributed by atoms with van der Waals surface area (Å²) in [6.07, 6.45) is -2.07. The molecule has 0 aliphatic carbocycles. The number of aryl methyl sites for hydroxylation is 1. The second kappa shape index (κ2) is 6.88. The number of ether oxygens (including phenoxy) is 1. The van der Waals surface area contributed by atoms with E-state index in [0.717, 1.165) is 34.4 Å². The molecule has 0 saturated carbocycles. The van der Waals surface area contributed by atoms with Gasteiger partial charge in [0.25, 0.3) is 0 Å². The molecule has 1 aliphatic rings. The van der Waals surface area contributed by atoms with Gasteiger partial charge in [-0.2, -0.15) is 13.2 Å². The van der Waals surface area contributed by atoms with Crippen molar-refractivity contribution in [3.05, 3.63) is 65.7 Å². The largest absolute Gasteiger partial charge is 0.417 e. The van der Waals surface area contributed by atoms with Crippen molar-refractivity contribution in [3.63, 3.8) is 0 Å². The fourth-order valence-corrected chi connectivity index (χ4v) is 4.86. The zero-order valence-electron chi connectivity index (χ0n) is 16.0. The van der Waals surface area contributed by atoms with Crippen LogP contribution < -0.4 is 0 Å². The van der Waals surface area contributed by atoms with Gasteiger partial charge in [0.1, 0.15) is 17.2 Å². The third-order valence-electron chi connectivity index (χ3n) is 5.50. The van der Waals surface area contributed by atoms with E-state index in [0.29, 0.717) is 30.2 Å². The zero-order chi connectivity index (χ0) is 20.9. The Morgan fingerprint density at radius 2 is 1.97 bits per heavy atom. The molecule has 5 rings (SSSR count). The summed E-state index contributed by atoms with van der Waals surface area (Å²) in [6, 6.07) is 11.9. The van der Waals surface area contributed by atoms with Crippen LogP contribution in [0.1, 0.15) is 17.0 Å². The smallest absolute Gasteiger partial charge is 0.379 e. The van der Waals surface area contributed by atoms with Crippen molar-refractivity contribution in [2.45, 2.75) is 18.0 Å². The predicted octanol–water partition coefficient (Wildman–Crippen LogP) is 4.62. The Morgan fingerprint density at radius 1 is 1.17 bits per heavy atom. The maximum absolute atomic E-state index is 13.4. The Kier molecular flexibility index (Phi) is 4.41. The number of thiazole rings is 1. The average Bonchev–Trinajstić information content (AvgIpc) is 3.29. The summed E-state index contributed by atoms with van der Waals surface area (Å²) >= 11 is 1.07. The highest BCUT2D eigenvalue weighted by molar-refractivity contribution is 7.21. The van der Waals surface area contributed by atoms with Crippen LogP contribution in [-0.4, -0.2) is 33.0 Å². The van der Waals surface area contributed by atoms with Crippen molar-refractivity contribution in [2.24, 2.45) is 7.05 Å². The van der Waals surface area contributed by atoms with Gasteiger partial charge in [0.05, 0.1) is 29.0 Å². The number of aromatic nitrogens is 4. The van der Waals surface area contributed by atoms with Gasteiger partial charge >= 0.3 is 6.18 Å². The van der Waals surface area contributed by atoms with Gasteiger partial charge in [-0.05, 0) is 23.8 Å². The molecule has 0 spiro atoms. The zero-order valence-corrected chi connectivity index (χ0v) is 16.8. The van der Waals surface area contributed by atoms with Gasteiger partial charge in [0.15, 0.2) is 0 Å². The van der Waals surface area contributed by atoms with Crippen LogP contribution in [0.2, 0.25) is 0 Å². The standard InChI is InChI=1S/C21H17F3N4OS/c1-28-12-25-27-17(28)9-20(10-29-11-20)14-5-2-4-13(8-14)19-26-16-7-3-6-15(18(16)30-19)21(22,23)24/h2-8,12H,9-11H2,1H3. The minimum Gasteiger partial charge on any atom is -0.379 e. The molecule has 1 fully saturated rings. The lowest BCUT2D eigenvalue weighted by atomic mass is 9.75. The van der Waals surface area contributed by atoms with Crippen LogP contribution in [0.25, 0.3) is 20.8 Å².